The third-order valence-electron chi connectivity index (χ3n) is 4.35. The summed E-state index contributed by atoms with van der Waals surface area (Å²) in [6.07, 6.45) is 3.94. The molecule has 3 nitrogen and oxygen atoms in total. The van der Waals surface area contributed by atoms with Gasteiger partial charge in [-0.05, 0) is 55.0 Å². The molecule has 2 aromatic carbocycles. The number of halogens is 1. The lowest BCUT2D eigenvalue weighted by Gasteiger charge is -2.25. The van der Waals surface area contributed by atoms with E-state index >= 15 is 0 Å². The highest BCUT2D eigenvalue weighted by atomic mass is 19.1. The van der Waals surface area contributed by atoms with Gasteiger partial charge in [0.25, 0.3) is 0 Å². The molecule has 1 saturated heterocycles. The van der Waals surface area contributed by atoms with Crippen molar-refractivity contribution in [1.29, 1.82) is 0 Å². The Morgan fingerprint density at radius 2 is 1.88 bits per heavy atom. The first-order valence-corrected chi connectivity index (χ1v) is 8.09. The quantitative estimate of drug-likeness (QED) is 0.708. The lowest BCUT2D eigenvalue weighted by Crippen LogP contribution is -2.23. The van der Waals surface area contributed by atoms with Crippen LogP contribution in [0.15, 0.2) is 67.0 Å². The van der Waals surface area contributed by atoms with Crippen LogP contribution < -0.4 is 4.90 Å². The fraction of sp³-hybridized carbons (Fsp3) is 0.200. The van der Waals surface area contributed by atoms with Gasteiger partial charge in [0.1, 0.15) is 5.82 Å². The molecule has 24 heavy (non-hydrogen) atoms. The molecule has 1 aliphatic heterocycles. The second-order valence-corrected chi connectivity index (χ2v) is 6.08. The van der Waals surface area contributed by atoms with Crippen LogP contribution in [0.3, 0.4) is 0 Å². The van der Waals surface area contributed by atoms with Crippen LogP contribution in [0.5, 0.6) is 0 Å². The normalized spacial score (nSPS) is 17.4. The fourth-order valence-corrected chi connectivity index (χ4v) is 3.15. The number of hydrogen-bond acceptors (Lipinski definition) is 2. The molecule has 0 bridgehead atoms. The monoisotopic (exact) mass is 322 g/mol. The predicted octanol–water partition coefficient (Wildman–Crippen LogP) is 4.46. The summed E-state index contributed by atoms with van der Waals surface area (Å²) in [5.74, 6) is -0.226. The molecule has 4 heteroatoms. The van der Waals surface area contributed by atoms with E-state index in [0.717, 1.165) is 17.8 Å². The van der Waals surface area contributed by atoms with Crippen LogP contribution in [0.2, 0.25) is 0 Å². The Labute approximate surface area is 140 Å². The predicted molar refractivity (Wildman–Crippen MR) is 92.9 cm³/mol. The van der Waals surface area contributed by atoms with Gasteiger partial charge in [-0.2, -0.15) is 0 Å². The highest BCUT2D eigenvalue weighted by Gasteiger charge is 2.27. The molecule has 0 N–H and O–H groups in total. The molecular formula is C20H19FN2O. The van der Waals surface area contributed by atoms with Crippen LogP contribution in [-0.2, 0) is 4.74 Å². The van der Waals surface area contributed by atoms with Gasteiger partial charge in [0.15, 0.2) is 6.23 Å². The van der Waals surface area contributed by atoms with E-state index in [4.69, 9.17) is 4.74 Å². The molecule has 1 fully saturated rings. The molecule has 1 atom stereocenters. The van der Waals surface area contributed by atoms with Crippen LogP contribution >= 0.6 is 0 Å². The summed E-state index contributed by atoms with van der Waals surface area (Å²) in [5.41, 5.74) is 4.44. The zero-order valence-corrected chi connectivity index (χ0v) is 13.5. The maximum absolute atomic E-state index is 13.1. The molecule has 1 aliphatic rings. The zero-order valence-electron chi connectivity index (χ0n) is 13.5. The standard InChI is InChI=1S/C20H19FN2O/c1-15-3-2-4-19(13-15)23-11-12-24-20(23)16-9-10-22(14-16)18-7-5-17(21)6-8-18/h2-10,13-14,20H,11-12H2,1H3. The second kappa shape index (κ2) is 6.13. The van der Waals surface area contributed by atoms with E-state index in [9.17, 15) is 4.39 Å². The fourth-order valence-electron chi connectivity index (χ4n) is 3.15. The molecule has 122 valence electrons. The van der Waals surface area contributed by atoms with Crippen LogP contribution in [0, 0.1) is 12.7 Å². The average molecular weight is 322 g/mol. The third-order valence-corrected chi connectivity index (χ3v) is 4.35. The van der Waals surface area contributed by atoms with Gasteiger partial charge in [-0.15, -0.1) is 0 Å². The summed E-state index contributed by atoms with van der Waals surface area (Å²) in [6, 6.07) is 17.0. The van der Waals surface area contributed by atoms with Crippen LogP contribution in [0.25, 0.3) is 5.69 Å². The molecule has 4 rings (SSSR count). The minimum atomic E-state index is -0.226. The highest BCUT2D eigenvalue weighted by Crippen LogP contribution is 2.33. The van der Waals surface area contributed by atoms with Crippen molar-refractivity contribution in [3.63, 3.8) is 0 Å². The van der Waals surface area contributed by atoms with Crippen molar-refractivity contribution >= 4 is 5.69 Å². The van der Waals surface area contributed by atoms with Crippen molar-refractivity contribution in [2.24, 2.45) is 0 Å². The van der Waals surface area contributed by atoms with Crippen molar-refractivity contribution < 1.29 is 9.13 Å². The van der Waals surface area contributed by atoms with E-state index in [1.807, 2.05) is 17.0 Å². The van der Waals surface area contributed by atoms with Crippen LogP contribution in [0.4, 0.5) is 10.1 Å². The number of rotatable bonds is 3. The molecule has 0 saturated carbocycles. The number of ether oxygens (including phenoxy) is 1. The molecule has 3 aromatic rings. The maximum atomic E-state index is 13.1. The lowest BCUT2D eigenvalue weighted by atomic mass is 10.2. The highest BCUT2D eigenvalue weighted by molar-refractivity contribution is 5.51. The largest absolute Gasteiger partial charge is 0.352 e. The first kappa shape index (κ1) is 15.0. The summed E-state index contributed by atoms with van der Waals surface area (Å²) < 4.78 is 21.0. The van der Waals surface area contributed by atoms with Crippen molar-refractivity contribution in [2.75, 3.05) is 18.1 Å². The second-order valence-electron chi connectivity index (χ2n) is 6.08. The van der Waals surface area contributed by atoms with Gasteiger partial charge in [0, 0.05) is 35.9 Å². The number of anilines is 1. The maximum Gasteiger partial charge on any atom is 0.158 e. The minimum Gasteiger partial charge on any atom is -0.352 e. The Morgan fingerprint density at radius 1 is 1.04 bits per heavy atom. The van der Waals surface area contributed by atoms with E-state index in [-0.39, 0.29) is 12.0 Å². The first-order chi connectivity index (χ1) is 11.7. The SMILES string of the molecule is Cc1cccc(N2CCOC2c2ccn(-c3ccc(F)cc3)c2)c1. The number of benzene rings is 2. The number of hydrogen-bond donors (Lipinski definition) is 0. The number of nitrogens with zero attached hydrogens (tertiary/aromatic N) is 2. The summed E-state index contributed by atoms with van der Waals surface area (Å²) in [7, 11) is 0. The average Bonchev–Trinajstić information content (AvgIpc) is 3.24. The Morgan fingerprint density at radius 3 is 2.67 bits per heavy atom. The van der Waals surface area contributed by atoms with Gasteiger partial charge in [-0.25, -0.2) is 4.39 Å². The Balaban J connectivity index is 1.62. The van der Waals surface area contributed by atoms with Crippen molar-refractivity contribution in [3.8, 4) is 5.69 Å². The topological polar surface area (TPSA) is 17.4 Å². The van der Waals surface area contributed by atoms with Gasteiger partial charge in [0.2, 0.25) is 0 Å². The summed E-state index contributed by atoms with van der Waals surface area (Å²) in [4.78, 5) is 2.28. The Hall–Kier alpha value is -2.59. The molecule has 0 amide bonds. The summed E-state index contributed by atoms with van der Waals surface area (Å²) in [5, 5.41) is 0. The Bertz CT molecular complexity index is 841. The van der Waals surface area contributed by atoms with Gasteiger partial charge >= 0.3 is 0 Å². The van der Waals surface area contributed by atoms with Crippen molar-refractivity contribution in [2.45, 2.75) is 13.2 Å². The molecule has 0 aliphatic carbocycles. The third kappa shape index (κ3) is 2.81. The van der Waals surface area contributed by atoms with Gasteiger partial charge in [0.05, 0.1) is 6.61 Å². The van der Waals surface area contributed by atoms with Gasteiger partial charge < -0.3 is 14.2 Å². The van der Waals surface area contributed by atoms with Crippen LogP contribution in [-0.4, -0.2) is 17.7 Å². The molecule has 0 spiro atoms. The van der Waals surface area contributed by atoms with E-state index < -0.39 is 0 Å². The number of aromatic nitrogens is 1. The number of aryl methyl sites for hydroxylation is 1. The van der Waals surface area contributed by atoms with E-state index in [1.54, 1.807) is 12.1 Å². The molecule has 1 aromatic heterocycles. The first-order valence-electron chi connectivity index (χ1n) is 8.09. The minimum absolute atomic E-state index is 0.0894. The Kier molecular flexibility index (Phi) is 3.82. The molecule has 0 radical (unpaired) electrons. The van der Waals surface area contributed by atoms with E-state index in [2.05, 4.69) is 42.2 Å². The smallest absolute Gasteiger partial charge is 0.158 e. The molecule has 2 heterocycles. The van der Waals surface area contributed by atoms with Gasteiger partial charge in [-0.1, -0.05) is 12.1 Å². The summed E-state index contributed by atoms with van der Waals surface area (Å²) >= 11 is 0. The van der Waals surface area contributed by atoms with Gasteiger partial charge in [-0.3, -0.25) is 0 Å². The molecular weight excluding hydrogens is 303 g/mol. The molecule has 1 unspecified atom stereocenters. The van der Waals surface area contributed by atoms with Crippen molar-refractivity contribution in [3.05, 3.63) is 83.9 Å². The van der Waals surface area contributed by atoms with E-state index in [1.165, 1.54) is 23.4 Å². The zero-order chi connectivity index (χ0) is 16.5. The lowest BCUT2D eigenvalue weighted by molar-refractivity contribution is 0.114. The van der Waals surface area contributed by atoms with E-state index in [0.29, 0.717) is 6.61 Å². The summed E-state index contributed by atoms with van der Waals surface area (Å²) in [6.45, 7) is 3.68. The van der Waals surface area contributed by atoms with Crippen molar-refractivity contribution in [1.82, 2.24) is 4.57 Å². The van der Waals surface area contributed by atoms with Crippen LogP contribution in [0.1, 0.15) is 17.4 Å².